The largest absolute Gasteiger partial charge is 0.324 e. The van der Waals surface area contributed by atoms with Crippen molar-refractivity contribution in [3.8, 4) is 0 Å². The monoisotopic (exact) mass is 187 g/mol. The summed E-state index contributed by atoms with van der Waals surface area (Å²) in [7, 11) is 0. The molecule has 0 heterocycles. The molecule has 12 heavy (non-hydrogen) atoms. The summed E-state index contributed by atoms with van der Waals surface area (Å²) in [5.41, 5.74) is 6.91. The zero-order valence-electron chi connectivity index (χ0n) is 7.07. The summed E-state index contributed by atoms with van der Waals surface area (Å²) in [6.45, 7) is 3.57. The SMILES string of the molecule is Cc1cc(C(C)N)c(F)cc1Cl. The van der Waals surface area contributed by atoms with E-state index in [4.69, 9.17) is 17.3 Å². The van der Waals surface area contributed by atoms with Crippen molar-refractivity contribution >= 4 is 11.6 Å². The molecule has 2 N–H and O–H groups in total. The van der Waals surface area contributed by atoms with Crippen LogP contribution in [0.3, 0.4) is 0 Å². The summed E-state index contributed by atoms with van der Waals surface area (Å²) in [5.74, 6) is -0.333. The number of hydrogen-bond acceptors (Lipinski definition) is 1. The fourth-order valence-corrected chi connectivity index (χ4v) is 1.18. The average molecular weight is 188 g/mol. The second kappa shape index (κ2) is 3.42. The van der Waals surface area contributed by atoms with Crippen LogP contribution in [-0.2, 0) is 0 Å². The maximum Gasteiger partial charge on any atom is 0.129 e. The minimum Gasteiger partial charge on any atom is -0.324 e. The fraction of sp³-hybridized carbons (Fsp3) is 0.333. The minimum absolute atomic E-state index is 0.291. The van der Waals surface area contributed by atoms with E-state index in [1.165, 1.54) is 6.07 Å². The molecular weight excluding hydrogens is 177 g/mol. The third-order valence-corrected chi connectivity index (χ3v) is 2.18. The van der Waals surface area contributed by atoms with Gasteiger partial charge in [0.05, 0.1) is 0 Å². The molecule has 0 fully saturated rings. The van der Waals surface area contributed by atoms with Gasteiger partial charge < -0.3 is 5.73 Å². The van der Waals surface area contributed by atoms with Crippen LogP contribution in [0.4, 0.5) is 4.39 Å². The van der Waals surface area contributed by atoms with Crippen LogP contribution in [0, 0.1) is 12.7 Å². The van der Waals surface area contributed by atoms with Crippen molar-refractivity contribution in [1.82, 2.24) is 0 Å². The molecule has 0 amide bonds. The van der Waals surface area contributed by atoms with Crippen molar-refractivity contribution in [3.63, 3.8) is 0 Å². The summed E-state index contributed by atoms with van der Waals surface area (Å²) in [5, 5.41) is 0.442. The number of aryl methyl sites for hydroxylation is 1. The zero-order chi connectivity index (χ0) is 9.30. The van der Waals surface area contributed by atoms with Crippen molar-refractivity contribution in [2.45, 2.75) is 19.9 Å². The van der Waals surface area contributed by atoms with Gasteiger partial charge in [-0.1, -0.05) is 17.7 Å². The van der Waals surface area contributed by atoms with Gasteiger partial charge in [-0.2, -0.15) is 0 Å². The van der Waals surface area contributed by atoms with Crippen LogP contribution < -0.4 is 5.73 Å². The van der Waals surface area contributed by atoms with E-state index >= 15 is 0 Å². The third kappa shape index (κ3) is 1.76. The predicted molar refractivity (Wildman–Crippen MR) is 48.7 cm³/mol. The lowest BCUT2D eigenvalue weighted by atomic mass is 10.1. The van der Waals surface area contributed by atoms with Crippen LogP contribution >= 0.6 is 11.6 Å². The molecule has 1 rings (SSSR count). The van der Waals surface area contributed by atoms with E-state index < -0.39 is 0 Å². The molecule has 0 aromatic heterocycles. The number of nitrogens with two attached hydrogens (primary N) is 1. The molecular formula is C9H11ClFN. The van der Waals surface area contributed by atoms with E-state index in [1.54, 1.807) is 13.0 Å². The molecule has 0 aliphatic carbocycles. The normalized spacial score (nSPS) is 13.1. The van der Waals surface area contributed by atoms with E-state index in [-0.39, 0.29) is 11.9 Å². The summed E-state index contributed by atoms with van der Waals surface area (Å²) >= 11 is 5.71. The molecule has 66 valence electrons. The Kier molecular flexibility index (Phi) is 2.70. The van der Waals surface area contributed by atoms with Gasteiger partial charge in [0.2, 0.25) is 0 Å². The highest BCUT2D eigenvalue weighted by Gasteiger charge is 2.08. The zero-order valence-corrected chi connectivity index (χ0v) is 7.82. The van der Waals surface area contributed by atoms with E-state index in [9.17, 15) is 4.39 Å². The highest BCUT2D eigenvalue weighted by molar-refractivity contribution is 6.31. The lowest BCUT2D eigenvalue weighted by Crippen LogP contribution is -2.07. The molecule has 0 saturated carbocycles. The van der Waals surface area contributed by atoms with E-state index in [0.717, 1.165) is 5.56 Å². The van der Waals surface area contributed by atoms with Gasteiger partial charge in [0.1, 0.15) is 5.82 Å². The van der Waals surface area contributed by atoms with Gasteiger partial charge in [0, 0.05) is 16.6 Å². The molecule has 0 radical (unpaired) electrons. The Morgan fingerprint density at radius 2 is 2.08 bits per heavy atom. The van der Waals surface area contributed by atoms with Gasteiger partial charge in [0.25, 0.3) is 0 Å². The first-order valence-corrected chi connectivity index (χ1v) is 4.11. The number of halogens is 2. The van der Waals surface area contributed by atoms with Crippen LogP contribution in [-0.4, -0.2) is 0 Å². The fourth-order valence-electron chi connectivity index (χ4n) is 1.03. The van der Waals surface area contributed by atoms with E-state index in [1.807, 2.05) is 6.92 Å². The Morgan fingerprint density at radius 1 is 1.50 bits per heavy atom. The smallest absolute Gasteiger partial charge is 0.129 e. The van der Waals surface area contributed by atoms with Crippen LogP contribution in [0.25, 0.3) is 0 Å². The number of rotatable bonds is 1. The number of benzene rings is 1. The van der Waals surface area contributed by atoms with Gasteiger partial charge in [-0.3, -0.25) is 0 Å². The van der Waals surface area contributed by atoms with Gasteiger partial charge in [-0.05, 0) is 25.5 Å². The number of hydrogen-bond donors (Lipinski definition) is 1. The minimum atomic E-state index is -0.333. The second-order valence-electron chi connectivity index (χ2n) is 2.91. The molecule has 1 aromatic carbocycles. The average Bonchev–Trinajstić information content (AvgIpc) is 1.96. The predicted octanol–water partition coefficient (Wildman–Crippen LogP) is 2.81. The molecule has 0 bridgehead atoms. The van der Waals surface area contributed by atoms with Crippen molar-refractivity contribution in [2.75, 3.05) is 0 Å². The molecule has 1 unspecified atom stereocenters. The lowest BCUT2D eigenvalue weighted by molar-refractivity contribution is 0.593. The van der Waals surface area contributed by atoms with Crippen LogP contribution in [0.5, 0.6) is 0 Å². The first kappa shape index (κ1) is 9.49. The lowest BCUT2D eigenvalue weighted by Gasteiger charge is -2.08. The van der Waals surface area contributed by atoms with Crippen molar-refractivity contribution in [3.05, 3.63) is 34.1 Å². The molecule has 0 saturated heterocycles. The Bertz CT molecular complexity index is 297. The highest BCUT2D eigenvalue weighted by atomic mass is 35.5. The first-order chi connectivity index (χ1) is 5.52. The molecule has 1 nitrogen and oxygen atoms in total. The molecule has 3 heteroatoms. The van der Waals surface area contributed by atoms with Gasteiger partial charge in [-0.15, -0.1) is 0 Å². The summed E-state index contributed by atoms with van der Waals surface area (Å²) < 4.78 is 13.1. The Hall–Kier alpha value is -0.600. The standard InChI is InChI=1S/C9H11ClFN/c1-5-3-7(6(2)12)9(11)4-8(5)10/h3-4,6H,12H2,1-2H3. The van der Waals surface area contributed by atoms with Crippen LogP contribution in [0.2, 0.25) is 5.02 Å². The Morgan fingerprint density at radius 3 is 2.58 bits per heavy atom. The maximum absolute atomic E-state index is 13.1. The molecule has 0 aliphatic rings. The topological polar surface area (TPSA) is 26.0 Å². The maximum atomic E-state index is 13.1. The molecule has 1 aromatic rings. The van der Waals surface area contributed by atoms with Crippen molar-refractivity contribution < 1.29 is 4.39 Å². The Labute approximate surface area is 76.3 Å². The van der Waals surface area contributed by atoms with E-state index in [2.05, 4.69) is 0 Å². The second-order valence-corrected chi connectivity index (χ2v) is 3.32. The van der Waals surface area contributed by atoms with Crippen LogP contribution in [0.15, 0.2) is 12.1 Å². The summed E-state index contributed by atoms with van der Waals surface area (Å²) in [6, 6.07) is 2.69. The summed E-state index contributed by atoms with van der Waals surface area (Å²) in [6.07, 6.45) is 0. The summed E-state index contributed by atoms with van der Waals surface area (Å²) in [4.78, 5) is 0. The first-order valence-electron chi connectivity index (χ1n) is 3.73. The van der Waals surface area contributed by atoms with Gasteiger partial charge >= 0.3 is 0 Å². The molecule has 0 spiro atoms. The van der Waals surface area contributed by atoms with Crippen LogP contribution in [0.1, 0.15) is 24.1 Å². The van der Waals surface area contributed by atoms with Crippen molar-refractivity contribution in [2.24, 2.45) is 5.73 Å². The molecule has 0 aliphatic heterocycles. The van der Waals surface area contributed by atoms with Crippen molar-refractivity contribution in [1.29, 1.82) is 0 Å². The quantitative estimate of drug-likeness (QED) is 0.719. The molecule has 1 atom stereocenters. The van der Waals surface area contributed by atoms with E-state index in [0.29, 0.717) is 10.6 Å². The highest BCUT2D eigenvalue weighted by Crippen LogP contribution is 2.22. The Balaban J connectivity index is 3.23. The third-order valence-electron chi connectivity index (χ3n) is 1.77. The van der Waals surface area contributed by atoms with Gasteiger partial charge in [0.15, 0.2) is 0 Å². The van der Waals surface area contributed by atoms with Gasteiger partial charge in [-0.25, -0.2) is 4.39 Å².